The number of hydrogen-bond donors (Lipinski definition) is 2. The van der Waals surface area contributed by atoms with E-state index < -0.39 is 11.3 Å². The molecule has 2 unspecified atom stereocenters. The summed E-state index contributed by atoms with van der Waals surface area (Å²) >= 11 is 3.55. The van der Waals surface area contributed by atoms with Gasteiger partial charge in [0.1, 0.15) is 5.60 Å². The van der Waals surface area contributed by atoms with Crippen LogP contribution in [-0.4, -0.2) is 48.1 Å². The minimum absolute atomic E-state index is 0.0351. The Labute approximate surface area is 223 Å². The van der Waals surface area contributed by atoms with Gasteiger partial charge in [-0.15, -0.1) is 0 Å². The Hall–Kier alpha value is -0.950. The second-order valence-electron chi connectivity index (χ2n) is 12.6. The predicted octanol–water partition coefficient (Wildman–Crippen LogP) is 7.43. The zero-order valence-electron chi connectivity index (χ0n) is 23.3. The highest BCUT2D eigenvalue weighted by Gasteiger charge is 2.49. The van der Waals surface area contributed by atoms with Crippen molar-refractivity contribution >= 4 is 22.0 Å². The summed E-state index contributed by atoms with van der Waals surface area (Å²) in [5.74, 6) is 0. The first-order valence-corrected chi connectivity index (χ1v) is 14.7. The van der Waals surface area contributed by atoms with Gasteiger partial charge in [0.2, 0.25) is 0 Å². The standard InChI is InChI=1S/C28H52BrN3O3/c1-26(2,3)18-14-12-10-8-7-9-11-13-15-20-34-22-28(30-21-24(29)31-28)23-17-16-19-32(23)25(33)35-27(4,5)6/h21,23,30-31H,7-20,22H2,1-6H3. The second kappa shape index (κ2) is 14.1. The monoisotopic (exact) mass is 557 g/mol. The fourth-order valence-corrected chi connectivity index (χ4v) is 5.45. The number of carbonyl (C=O) groups is 1. The van der Waals surface area contributed by atoms with Crippen molar-refractivity contribution in [3.05, 3.63) is 10.8 Å². The predicted molar refractivity (Wildman–Crippen MR) is 148 cm³/mol. The summed E-state index contributed by atoms with van der Waals surface area (Å²) in [6.45, 7) is 14.7. The Morgan fingerprint density at radius 1 is 1.03 bits per heavy atom. The molecule has 0 aliphatic carbocycles. The molecule has 0 bridgehead atoms. The highest BCUT2D eigenvalue weighted by molar-refractivity contribution is 9.11. The van der Waals surface area contributed by atoms with Crippen molar-refractivity contribution in [1.29, 1.82) is 0 Å². The molecule has 2 aliphatic rings. The van der Waals surface area contributed by atoms with Gasteiger partial charge in [-0.2, -0.15) is 0 Å². The topological polar surface area (TPSA) is 62.8 Å². The molecule has 6 nitrogen and oxygen atoms in total. The number of unbranched alkanes of at least 4 members (excludes halogenated alkanes) is 8. The lowest BCUT2D eigenvalue weighted by molar-refractivity contribution is -0.00619. The van der Waals surface area contributed by atoms with Crippen LogP contribution in [0, 0.1) is 5.41 Å². The lowest BCUT2D eigenvalue weighted by Crippen LogP contribution is -2.66. The van der Waals surface area contributed by atoms with Gasteiger partial charge in [-0.3, -0.25) is 0 Å². The summed E-state index contributed by atoms with van der Waals surface area (Å²) in [4.78, 5) is 14.7. The molecule has 0 aromatic rings. The Balaban J connectivity index is 1.64. The van der Waals surface area contributed by atoms with E-state index in [4.69, 9.17) is 9.47 Å². The number of carbonyl (C=O) groups excluding carboxylic acids is 1. The van der Waals surface area contributed by atoms with Crippen LogP contribution in [0.3, 0.4) is 0 Å². The molecule has 35 heavy (non-hydrogen) atoms. The molecule has 2 aliphatic heterocycles. The molecule has 2 rings (SSSR count). The van der Waals surface area contributed by atoms with E-state index in [1.165, 1.54) is 57.8 Å². The Morgan fingerprint density at radius 3 is 2.17 bits per heavy atom. The normalized spacial score (nSPS) is 22.7. The van der Waals surface area contributed by atoms with Gasteiger partial charge in [-0.25, -0.2) is 4.79 Å². The molecule has 0 spiro atoms. The first-order valence-electron chi connectivity index (χ1n) is 13.9. The molecule has 1 amide bonds. The van der Waals surface area contributed by atoms with Gasteiger partial charge >= 0.3 is 6.09 Å². The van der Waals surface area contributed by atoms with Crippen molar-refractivity contribution in [3.63, 3.8) is 0 Å². The van der Waals surface area contributed by atoms with Crippen molar-refractivity contribution in [2.75, 3.05) is 19.8 Å². The summed E-state index contributed by atoms with van der Waals surface area (Å²) < 4.78 is 12.7. The molecule has 0 aromatic heterocycles. The number of hydrogen-bond acceptors (Lipinski definition) is 5. The molecular weight excluding hydrogens is 506 g/mol. The van der Waals surface area contributed by atoms with Crippen LogP contribution >= 0.6 is 15.9 Å². The largest absolute Gasteiger partial charge is 0.444 e. The third kappa shape index (κ3) is 11.3. The van der Waals surface area contributed by atoms with E-state index in [9.17, 15) is 4.79 Å². The molecule has 204 valence electrons. The van der Waals surface area contributed by atoms with Crippen molar-refractivity contribution in [2.24, 2.45) is 5.41 Å². The lowest BCUT2D eigenvalue weighted by Gasteiger charge is -2.41. The third-order valence-electron chi connectivity index (χ3n) is 6.79. The number of halogens is 1. The highest BCUT2D eigenvalue weighted by Crippen LogP contribution is 2.31. The average Bonchev–Trinajstić information content (AvgIpc) is 3.37. The second-order valence-corrected chi connectivity index (χ2v) is 13.5. The van der Waals surface area contributed by atoms with Gasteiger partial charge in [0.25, 0.3) is 0 Å². The van der Waals surface area contributed by atoms with Crippen LogP contribution in [0.25, 0.3) is 0 Å². The fourth-order valence-electron chi connectivity index (χ4n) is 4.98. The smallest absolute Gasteiger partial charge is 0.410 e. The number of nitrogens with zero attached hydrogens (tertiary/aromatic N) is 1. The van der Waals surface area contributed by atoms with Crippen molar-refractivity contribution in [3.8, 4) is 0 Å². The minimum atomic E-state index is -0.529. The van der Waals surface area contributed by atoms with Crippen LogP contribution in [-0.2, 0) is 9.47 Å². The zero-order chi connectivity index (χ0) is 26.0. The van der Waals surface area contributed by atoms with Crippen molar-refractivity contribution in [2.45, 2.75) is 136 Å². The van der Waals surface area contributed by atoms with E-state index >= 15 is 0 Å². The first-order chi connectivity index (χ1) is 16.4. The van der Waals surface area contributed by atoms with Gasteiger partial charge in [0, 0.05) is 19.4 Å². The highest BCUT2D eigenvalue weighted by atomic mass is 79.9. The Bertz CT molecular complexity index is 671. The molecule has 0 radical (unpaired) electrons. The minimum Gasteiger partial charge on any atom is -0.444 e. The van der Waals surface area contributed by atoms with Gasteiger partial charge in [0.05, 0.1) is 17.3 Å². The van der Waals surface area contributed by atoms with Crippen LogP contribution in [0.1, 0.15) is 119 Å². The molecular formula is C28H52BrN3O3. The van der Waals surface area contributed by atoms with E-state index in [1.807, 2.05) is 31.9 Å². The van der Waals surface area contributed by atoms with E-state index in [0.717, 1.165) is 30.5 Å². The van der Waals surface area contributed by atoms with Crippen LogP contribution in [0.15, 0.2) is 10.8 Å². The maximum atomic E-state index is 12.8. The zero-order valence-corrected chi connectivity index (χ0v) is 24.9. The summed E-state index contributed by atoms with van der Waals surface area (Å²) in [5, 5.41) is 6.96. The number of ether oxygens (including phenoxy) is 2. The number of rotatable bonds is 14. The van der Waals surface area contributed by atoms with E-state index in [0.29, 0.717) is 18.6 Å². The Kier molecular flexibility index (Phi) is 12.2. The van der Waals surface area contributed by atoms with E-state index in [1.54, 1.807) is 0 Å². The summed E-state index contributed by atoms with van der Waals surface area (Å²) in [7, 11) is 0. The number of likely N-dealkylation sites (tertiary alicyclic amines) is 1. The molecule has 0 aromatic carbocycles. The molecule has 2 N–H and O–H groups in total. The van der Waals surface area contributed by atoms with Crippen molar-refractivity contribution in [1.82, 2.24) is 15.5 Å². The number of nitrogens with one attached hydrogen (secondary N) is 2. The van der Waals surface area contributed by atoms with Gasteiger partial charge in [-0.1, -0.05) is 72.1 Å². The molecule has 7 heteroatoms. The van der Waals surface area contributed by atoms with Crippen LogP contribution in [0.5, 0.6) is 0 Å². The van der Waals surface area contributed by atoms with Gasteiger partial charge in [0.15, 0.2) is 5.66 Å². The van der Waals surface area contributed by atoms with Crippen molar-refractivity contribution < 1.29 is 14.3 Å². The Morgan fingerprint density at radius 2 is 1.63 bits per heavy atom. The maximum Gasteiger partial charge on any atom is 0.410 e. The van der Waals surface area contributed by atoms with Crippen LogP contribution in [0.4, 0.5) is 4.79 Å². The third-order valence-corrected chi connectivity index (χ3v) is 7.22. The average molecular weight is 559 g/mol. The van der Waals surface area contributed by atoms with E-state index in [-0.39, 0.29) is 12.1 Å². The summed E-state index contributed by atoms with van der Waals surface area (Å²) in [6, 6.07) is -0.0351. The first kappa shape index (κ1) is 30.3. The SMILES string of the molecule is CC(C)(C)CCCCCCCCCCCOCC1(C2CCCN2C(=O)OC(C)(C)C)NC=C(Br)N1. The molecule has 2 atom stereocenters. The summed E-state index contributed by atoms with van der Waals surface area (Å²) in [6.07, 6.45) is 16.6. The fraction of sp³-hybridized carbons (Fsp3) is 0.893. The number of amides is 1. The molecule has 1 fully saturated rings. The summed E-state index contributed by atoms with van der Waals surface area (Å²) in [5.41, 5.74) is -0.554. The molecule has 0 saturated carbocycles. The molecule has 1 saturated heterocycles. The lowest BCUT2D eigenvalue weighted by atomic mass is 9.89. The maximum absolute atomic E-state index is 12.8. The van der Waals surface area contributed by atoms with Crippen LogP contribution < -0.4 is 10.6 Å². The van der Waals surface area contributed by atoms with Gasteiger partial charge < -0.3 is 25.0 Å². The quantitative estimate of drug-likeness (QED) is 0.171. The van der Waals surface area contributed by atoms with Gasteiger partial charge in [-0.05, 0) is 67.8 Å². The molecule has 2 heterocycles. The van der Waals surface area contributed by atoms with Crippen LogP contribution in [0.2, 0.25) is 0 Å². The van der Waals surface area contributed by atoms with E-state index in [2.05, 4.69) is 47.3 Å².